The first-order chi connectivity index (χ1) is 18.4. The Labute approximate surface area is 225 Å². The summed E-state index contributed by atoms with van der Waals surface area (Å²) in [4.78, 5) is 29.9. The highest BCUT2D eigenvalue weighted by Crippen LogP contribution is 2.38. The van der Waals surface area contributed by atoms with Gasteiger partial charge in [0.25, 0.3) is 0 Å². The Morgan fingerprint density at radius 1 is 0.868 bits per heavy atom. The molecule has 0 saturated heterocycles. The molecule has 1 aliphatic heterocycles. The third-order valence-electron chi connectivity index (χ3n) is 6.51. The van der Waals surface area contributed by atoms with E-state index in [-0.39, 0.29) is 12.1 Å². The molecule has 0 radical (unpaired) electrons. The predicted molar refractivity (Wildman–Crippen MR) is 144 cm³/mol. The minimum atomic E-state index is -0.441. The Morgan fingerprint density at radius 3 is 2.29 bits per heavy atom. The van der Waals surface area contributed by atoms with Crippen molar-refractivity contribution in [1.82, 2.24) is 9.80 Å². The molecule has 1 heterocycles. The minimum absolute atomic E-state index is 0.258. The van der Waals surface area contributed by atoms with E-state index in [1.807, 2.05) is 18.2 Å². The van der Waals surface area contributed by atoms with Gasteiger partial charge in [-0.1, -0.05) is 18.2 Å². The Kier molecular flexibility index (Phi) is 11.7. The summed E-state index contributed by atoms with van der Waals surface area (Å²) in [5, 5.41) is 0. The van der Waals surface area contributed by atoms with Gasteiger partial charge in [-0.05, 0) is 64.0 Å². The molecule has 2 bridgehead atoms. The smallest absolute Gasteiger partial charge is 0.338 e. The van der Waals surface area contributed by atoms with E-state index in [0.717, 1.165) is 32.6 Å². The van der Waals surface area contributed by atoms with Crippen molar-refractivity contribution in [3.05, 3.63) is 53.6 Å². The monoisotopic (exact) mass is 528 g/mol. The van der Waals surface area contributed by atoms with Crippen LogP contribution in [0.3, 0.4) is 0 Å². The van der Waals surface area contributed by atoms with Crippen LogP contribution in [0.1, 0.15) is 46.4 Å². The highest BCUT2D eigenvalue weighted by molar-refractivity contribution is 5.91. The summed E-state index contributed by atoms with van der Waals surface area (Å²) in [6.07, 6.45) is 2.45. The number of rotatable bonds is 4. The predicted octanol–water partition coefficient (Wildman–Crippen LogP) is 3.90. The van der Waals surface area contributed by atoms with Gasteiger partial charge in [0.1, 0.15) is 6.10 Å². The van der Waals surface area contributed by atoms with E-state index in [1.165, 1.54) is 14.2 Å². The molecule has 2 aromatic carbocycles. The average molecular weight is 529 g/mol. The van der Waals surface area contributed by atoms with Crippen LogP contribution < -0.4 is 14.2 Å². The number of carbonyl (C=O) groups excluding carboxylic acids is 2. The van der Waals surface area contributed by atoms with Crippen LogP contribution in [0.4, 0.5) is 0 Å². The van der Waals surface area contributed by atoms with Gasteiger partial charge in [-0.3, -0.25) is 0 Å². The summed E-state index contributed by atoms with van der Waals surface area (Å²) in [5.74, 6) is 0.429. The molecule has 1 unspecified atom stereocenters. The van der Waals surface area contributed by atoms with Gasteiger partial charge in [0, 0.05) is 26.2 Å². The summed E-state index contributed by atoms with van der Waals surface area (Å²) in [6.45, 7) is 4.02. The zero-order chi connectivity index (χ0) is 27.3. The first kappa shape index (κ1) is 29.3. The van der Waals surface area contributed by atoms with E-state index in [0.29, 0.717) is 60.9 Å². The van der Waals surface area contributed by atoms with Crippen LogP contribution in [0, 0.1) is 0 Å². The van der Waals surface area contributed by atoms with Gasteiger partial charge in [0.05, 0.1) is 38.6 Å². The molecule has 0 fully saturated rings. The van der Waals surface area contributed by atoms with Crippen molar-refractivity contribution in [2.45, 2.75) is 31.8 Å². The summed E-state index contributed by atoms with van der Waals surface area (Å²) in [6, 6.07) is 12.3. The number of likely N-dealkylation sites (N-methyl/N-ethyl adjacent to an activating group) is 2. The Balaban J connectivity index is 1.76. The van der Waals surface area contributed by atoms with Crippen molar-refractivity contribution in [3.8, 4) is 17.2 Å². The molecular formula is C29H40N2O7. The van der Waals surface area contributed by atoms with Gasteiger partial charge in [-0.15, -0.1) is 0 Å². The topological polar surface area (TPSA) is 86.8 Å². The molecule has 0 aromatic heterocycles. The molecule has 2 aromatic rings. The third kappa shape index (κ3) is 8.92. The fourth-order valence-corrected chi connectivity index (χ4v) is 4.22. The van der Waals surface area contributed by atoms with E-state index < -0.39 is 5.97 Å². The fourth-order valence-electron chi connectivity index (χ4n) is 4.22. The van der Waals surface area contributed by atoms with Crippen LogP contribution in [0.15, 0.2) is 42.5 Å². The maximum absolute atomic E-state index is 12.8. The van der Waals surface area contributed by atoms with Gasteiger partial charge in [-0.2, -0.15) is 0 Å². The zero-order valence-corrected chi connectivity index (χ0v) is 22.9. The van der Waals surface area contributed by atoms with Crippen LogP contribution in [0.5, 0.6) is 17.2 Å². The molecule has 38 heavy (non-hydrogen) atoms. The summed E-state index contributed by atoms with van der Waals surface area (Å²) >= 11 is 0. The van der Waals surface area contributed by atoms with Gasteiger partial charge in [-0.25, -0.2) is 9.59 Å². The van der Waals surface area contributed by atoms with E-state index in [9.17, 15) is 9.59 Å². The van der Waals surface area contributed by atoms with Crippen LogP contribution >= 0.6 is 0 Å². The SMILES string of the molecule is COc1cc2cc(c1OC)OCCCC(OC(=O)c1ccccc1)CCN(C)CCN(C)CCCOC2=O. The highest BCUT2D eigenvalue weighted by Gasteiger charge is 2.20. The maximum Gasteiger partial charge on any atom is 0.338 e. The highest BCUT2D eigenvalue weighted by atomic mass is 16.5. The molecule has 3 rings (SSSR count). The molecule has 0 aliphatic carbocycles. The molecule has 9 heteroatoms. The first-order valence-electron chi connectivity index (χ1n) is 13.1. The molecule has 0 spiro atoms. The number of hydrogen-bond donors (Lipinski definition) is 0. The second kappa shape index (κ2) is 15.2. The molecule has 0 saturated carbocycles. The Morgan fingerprint density at radius 2 is 1.58 bits per heavy atom. The number of nitrogens with zero attached hydrogens (tertiary/aromatic N) is 2. The molecular weight excluding hydrogens is 488 g/mol. The van der Waals surface area contributed by atoms with Crippen molar-refractivity contribution < 1.29 is 33.3 Å². The number of hydrogen-bond acceptors (Lipinski definition) is 9. The van der Waals surface area contributed by atoms with Crippen molar-refractivity contribution >= 4 is 11.9 Å². The van der Waals surface area contributed by atoms with Gasteiger partial charge < -0.3 is 33.5 Å². The van der Waals surface area contributed by atoms with E-state index in [4.69, 9.17) is 23.7 Å². The Bertz CT molecular complexity index is 1030. The minimum Gasteiger partial charge on any atom is -0.493 e. The molecule has 0 amide bonds. The largest absolute Gasteiger partial charge is 0.493 e. The number of methoxy groups -OCH3 is 2. The van der Waals surface area contributed by atoms with Crippen LogP contribution in [0.25, 0.3) is 0 Å². The summed E-state index contributed by atoms with van der Waals surface area (Å²) in [7, 11) is 7.16. The molecule has 0 N–H and O–H groups in total. The number of cyclic esters (lactones) is 1. The van der Waals surface area contributed by atoms with Gasteiger partial charge in [0.15, 0.2) is 11.5 Å². The first-order valence-corrected chi connectivity index (χ1v) is 13.1. The summed E-state index contributed by atoms with van der Waals surface area (Å²) < 4.78 is 28.4. The lowest BCUT2D eigenvalue weighted by atomic mass is 10.1. The zero-order valence-electron chi connectivity index (χ0n) is 22.9. The van der Waals surface area contributed by atoms with E-state index >= 15 is 0 Å². The second-order valence-corrected chi connectivity index (χ2v) is 9.48. The van der Waals surface area contributed by atoms with E-state index in [2.05, 4.69) is 23.9 Å². The lowest BCUT2D eigenvalue weighted by Gasteiger charge is -2.24. The Hall–Kier alpha value is -3.30. The van der Waals surface area contributed by atoms with Gasteiger partial charge in [0.2, 0.25) is 5.75 Å². The third-order valence-corrected chi connectivity index (χ3v) is 6.51. The van der Waals surface area contributed by atoms with Crippen molar-refractivity contribution in [1.29, 1.82) is 0 Å². The van der Waals surface area contributed by atoms with E-state index in [1.54, 1.807) is 24.3 Å². The van der Waals surface area contributed by atoms with Gasteiger partial charge >= 0.3 is 11.9 Å². The lowest BCUT2D eigenvalue weighted by molar-refractivity contribution is 0.0225. The molecule has 9 nitrogen and oxygen atoms in total. The lowest BCUT2D eigenvalue weighted by Crippen LogP contribution is -2.34. The number of benzene rings is 2. The molecule has 1 aliphatic rings. The van der Waals surface area contributed by atoms with Crippen LogP contribution in [-0.4, -0.2) is 95.6 Å². The van der Waals surface area contributed by atoms with Crippen molar-refractivity contribution in [2.24, 2.45) is 0 Å². The van der Waals surface area contributed by atoms with Crippen LogP contribution in [0.2, 0.25) is 0 Å². The number of esters is 2. The van der Waals surface area contributed by atoms with Crippen molar-refractivity contribution in [3.63, 3.8) is 0 Å². The van der Waals surface area contributed by atoms with Crippen LogP contribution in [-0.2, 0) is 9.47 Å². The quantitative estimate of drug-likeness (QED) is 0.549. The average Bonchev–Trinajstić information content (AvgIpc) is 2.94. The maximum atomic E-state index is 12.8. The fraction of sp³-hybridized carbons (Fsp3) is 0.517. The summed E-state index contributed by atoms with van der Waals surface area (Å²) in [5.41, 5.74) is 0.870. The normalized spacial score (nSPS) is 19.2. The standard InChI is InChI=1S/C29H40N2O7/c1-30-14-9-19-37-28(32)23-20-25(34-3)27(35-4)26(21-23)36-18-8-12-24(13-15-31(2)17-16-30)38-29(33)22-10-6-5-7-11-22/h5-7,10-11,20-21,24H,8-9,12-19H2,1-4H3. The number of fused-ring (bicyclic) bond motifs is 2. The second-order valence-electron chi connectivity index (χ2n) is 9.48. The molecule has 208 valence electrons. The van der Waals surface area contributed by atoms with Crippen molar-refractivity contribution in [2.75, 3.05) is 67.7 Å². The number of ether oxygens (including phenoxy) is 5. The number of carbonyl (C=O) groups is 2. The molecule has 1 atom stereocenters.